The van der Waals surface area contributed by atoms with Crippen LogP contribution in [0.1, 0.15) is 22.8 Å². The van der Waals surface area contributed by atoms with Gasteiger partial charge in [0, 0.05) is 5.56 Å². The summed E-state index contributed by atoms with van der Waals surface area (Å²) in [5.74, 6) is -1.56. The fraction of sp³-hybridized carbons (Fsp3) is 0.176. The van der Waals surface area contributed by atoms with Gasteiger partial charge < -0.3 is 4.74 Å². The van der Waals surface area contributed by atoms with Gasteiger partial charge in [-0.1, -0.05) is 6.07 Å². The SMILES string of the molecule is Cc1ccc(C(=O)NNC(=O)[C@@H](C)Oc2ccc(F)cc2)cc1S(N)(=O)=O. The lowest BCUT2D eigenvalue weighted by molar-refractivity contribution is -0.128. The molecule has 0 unspecified atom stereocenters. The Kier molecular flexibility index (Phi) is 6.13. The molecule has 144 valence electrons. The molecule has 0 spiro atoms. The van der Waals surface area contributed by atoms with Crippen molar-refractivity contribution < 1.29 is 27.1 Å². The minimum Gasteiger partial charge on any atom is -0.481 e. The Morgan fingerprint density at radius 1 is 1.11 bits per heavy atom. The zero-order valence-electron chi connectivity index (χ0n) is 14.5. The topological polar surface area (TPSA) is 128 Å². The van der Waals surface area contributed by atoms with Gasteiger partial charge in [-0.2, -0.15) is 0 Å². The fourth-order valence-corrected chi connectivity index (χ4v) is 2.92. The number of amides is 2. The van der Waals surface area contributed by atoms with Crippen LogP contribution in [-0.2, 0) is 14.8 Å². The highest BCUT2D eigenvalue weighted by Crippen LogP contribution is 2.16. The van der Waals surface area contributed by atoms with Gasteiger partial charge in [0.1, 0.15) is 11.6 Å². The Bertz CT molecular complexity index is 961. The van der Waals surface area contributed by atoms with Crippen molar-refractivity contribution >= 4 is 21.8 Å². The molecule has 0 aromatic heterocycles. The number of primary sulfonamides is 1. The van der Waals surface area contributed by atoms with E-state index in [0.29, 0.717) is 5.56 Å². The van der Waals surface area contributed by atoms with Crippen molar-refractivity contribution in [1.82, 2.24) is 10.9 Å². The van der Waals surface area contributed by atoms with Crippen molar-refractivity contribution in [3.8, 4) is 5.75 Å². The van der Waals surface area contributed by atoms with Gasteiger partial charge in [0.05, 0.1) is 4.90 Å². The smallest absolute Gasteiger partial charge is 0.279 e. The van der Waals surface area contributed by atoms with Crippen LogP contribution in [0, 0.1) is 12.7 Å². The van der Waals surface area contributed by atoms with Crippen LogP contribution in [0.15, 0.2) is 47.4 Å². The molecular weight excluding hydrogens is 377 g/mol. The van der Waals surface area contributed by atoms with Gasteiger partial charge >= 0.3 is 0 Å². The predicted molar refractivity (Wildman–Crippen MR) is 94.7 cm³/mol. The molecule has 0 fully saturated rings. The zero-order valence-corrected chi connectivity index (χ0v) is 15.3. The molecule has 2 amide bonds. The lowest BCUT2D eigenvalue weighted by Crippen LogP contribution is -2.47. The summed E-state index contributed by atoms with van der Waals surface area (Å²) < 4.78 is 41.2. The number of benzene rings is 2. The highest BCUT2D eigenvalue weighted by atomic mass is 32.2. The van der Waals surface area contributed by atoms with Crippen LogP contribution < -0.4 is 20.7 Å². The number of carbonyl (C=O) groups excluding carboxylic acids is 2. The van der Waals surface area contributed by atoms with E-state index in [9.17, 15) is 22.4 Å². The molecular formula is C17H18FN3O5S. The first-order valence-corrected chi connectivity index (χ1v) is 9.28. The molecule has 0 radical (unpaired) electrons. The van der Waals surface area contributed by atoms with Gasteiger partial charge in [0.25, 0.3) is 11.8 Å². The van der Waals surface area contributed by atoms with Gasteiger partial charge in [-0.3, -0.25) is 20.4 Å². The fourth-order valence-electron chi connectivity index (χ4n) is 2.11. The maximum atomic E-state index is 12.9. The molecule has 2 rings (SSSR count). The van der Waals surface area contributed by atoms with Gasteiger partial charge in [-0.25, -0.2) is 17.9 Å². The van der Waals surface area contributed by atoms with E-state index in [4.69, 9.17) is 9.88 Å². The average Bonchev–Trinajstić information content (AvgIpc) is 2.60. The van der Waals surface area contributed by atoms with E-state index in [1.807, 2.05) is 0 Å². The quantitative estimate of drug-likeness (QED) is 0.651. The maximum Gasteiger partial charge on any atom is 0.279 e. The largest absolute Gasteiger partial charge is 0.481 e. The number of aryl methyl sites for hydroxylation is 1. The first-order valence-electron chi connectivity index (χ1n) is 7.74. The van der Waals surface area contributed by atoms with E-state index < -0.39 is 33.8 Å². The minimum absolute atomic E-state index is 0.00275. The number of halogens is 1. The number of rotatable bonds is 5. The summed E-state index contributed by atoms with van der Waals surface area (Å²) in [5, 5.41) is 5.10. The van der Waals surface area contributed by atoms with Crippen molar-refractivity contribution in [2.45, 2.75) is 24.8 Å². The maximum absolute atomic E-state index is 12.9. The molecule has 27 heavy (non-hydrogen) atoms. The van der Waals surface area contributed by atoms with Crippen LogP contribution in [-0.4, -0.2) is 26.3 Å². The van der Waals surface area contributed by atoms with E-state index in [1.165, 1.54) is 50.2 Å². The third-order valence-electron chi connectivity index (χ3n) is 3.55. The Morgan fingerprint density at radius 2 is 1.74 bits per heavy atom. The van der Waals surface area contributed by atoms with Crippen LogP contribution in [0.5, 0.6) is 5.75 Å². The summed E-state index contributed by atoms with van der Waals surface area (Å²) in [5.41, 5.74) is 4.71. The molecule has 1 atom stereocenters. The first kappa shape index (κ1) is 20.3. The number of hydrogen-bond donors (Lipinski definition) is 3. The van der Waals surface area contributed by atoms with Crippen LogP contribution >= 0.6 is 0 Å². The molecule has 0 heterocycles. The number of nitrogens with two attached hydrogens (primary N) is 1. The lowest BCUT2D eigenvalue weighted by atomic mass is 10.1. The molecule has 2 aromatic rings. The highest BCUT2D eigenvalue weighted by Gasteiger charge is 2.18. The van der Waals surface area contributed by atoms with Crippen LogP contribution in [0.3, 0.4) is 0 Å². The molecule has 10 heteroatoms. The zero-order chi connectivity index (χ0) is 20.2. The standard InChI is InChI=1S/C17H18FN3O5S/c1-10-3-4-12(9-15(10)27(19,24)25)17(23)21-20-16(22)11(2)26-14-7-5-13(18)6-8-14/h3-9,11H,1-2H3,(H,20,22)(H,21,23)(H2,19,24,25)/t11-/m1/s1. The molecule has 8 nitrogen and oxygen atoms in total. The molecule has 0 bridgehead atoms. The second kappa shape index (κ2) is 8.14. The van der Waals surface area contributed by atoms with Crippen LogP contribution in [0.4, 0.5) is 4.39 Å². The number of nitrogens with one attached hydrogen (secondary N) is 2. The molecule has 0 aliphatic carbocycles. The average molecular weight is 395 g/mol. The van der Waals surface area contributed by atoms with E-state index in [0.717, 1.165) is 6.07 Å². The van der Waals surface area contributed by atoms with Crippen LogP contribution in [0.2, 0.25) is 0 Å². The van der Waals surface area contributed by atoms with Crippen molar-refractivity contribution in [1.29, 1.82) is 0 Å². The molecule has 4 N–H and O–H groups in total. The summed E-state index contributed by atoms with van der Waals surface area (Å²) in [7, 11) is -3.99. The van der Waals surface area contributed by atoms with E-state index in [1.54, 1.807) is 0 Å². The van der Waals surface area contributed by atoms with E-state index >= 15 is 0 Å². The summed E-state index contributed by atoms with van der Waals surface area (Å²) >= 11 is 0. The Morgan fingerprint density at radius 3 is 2.33 bits per heavy atom. The third kappa shape index (κ3) is 5.50. The monoisotopic (exact) mass is 395 g/mol. The van der Waals surface area contributed by atoms with Gasteiger partial charge in [0.2, 0.25) is 10.0 Å². The molecule has 0 saturated heterocycles. The number of ether oxygens (including phenoxy) is 1. The van der Waals surface area contributed by atoms with Gasteiger partial charge in [0.15, 0.2) is 6.10 Å². The number of hydrazine groups is 1. The summed E-state index contributed by atoms with van der Waals surface area (Å²) in [6.45, 7) is 2.98. The Hall–Kier alpha value is -2.98. The minimum atomic E-state index is -3.99. The second-order valence-corrected chi connectivity index (χ2v) is 7.21. The van der Waals surface area contributed by atoms with Crippen molar-refractivity contribution in [2.24, 2.45) is 5.14 Å². The number of sulfonamides is 1. The van der Waals surface area contributed by atoms with Crippen molar-refractivity contribution in [2.75, 3.05) is 0 Å². The molecule has 0 saturated carbocycles. The third-order valence-corrected chi connectivity index (χ3v) is 4.60. The van der Waals surface area contributed by atoms with Crippen molar-refractivity contribution in [3.63, 3.8) is 0 Å². The molecule has 0 aliphatic heterocycles. The van der Waals surface area contributed by atoms with Gasteiger partial charge in [-0.15, -0.1) is 0 Å². The second-order valence-electron chi connectivity index (χ2n) is 5.68. The number of hydrogen-bond acceptors (Lipinski definition) is 5. The Balaban J connectivity index is 1.98. The summed E-state index contributed by atoms with van der Waals surface area (Å²) in [6, 6.07) is 9.02. The highest BCUT2D eigenvalue weighted by molar-refractivity contribution is 7.89. The van der Waals surface area contributed by atoms with Gasteiger partial charge in [-0.05, 0) is 55.8 Å². The first-order chi connectivity index (χ1) is 12.6. The number of carbonyl (C=O) groups is 2. The Labute approximate surface area is 155 Å². The van der Waals surface area contributed by atoms with E-state index in [2.05, 4.69) is 10.9 Å². The lowest BCUT2D eigenvalue weighted by Gasteiger charge is -2.15. The van der Waals surface area contributed by atoms with Crippen LogP contribution in [0.25, 0.3) is 0 Å². The molecule has 2 aromatic carbocycles. The summed E-state index contributed by atoms with van der Waals surface area (Å²) in [4.78, 5) is 23.9. The predicted octanol–water partition coefficient (Wildman–Crippen LogP) is 1.01. The van der Waals surface area contributed by atoms with Crippen molar-refractivity contribution in [3.05, 3.63) is 59.4 Å². The van der Waals surface area contributed by atoms with E-state index in [-0.39, 0.29) is 16.2 Å². The molecule has 0 aliphatic rings. The summed E-state index contributed by atoms with van der Waals surface area (Å²) in [6.07, 6.45) is -0.978. The normalized spacial score (nSPS) is 12.1.